The van der Waals surface area contributed by atoms with Crippen molar-refractivity contribution in [2.75, 3.05) is 7.11 Å². The van der Waals surface area contributed by atoms with Crippen LogP contribution in [-0.2, 0) is 4.74 Å². The molecule has 0 amide bonds. The Bertz CT molecular complexity index is 179. The minimum atomic E-state index is 0.0358. The van der Waals surface area contributed by atoms with Crippen LogP contribution in [-0.4, -0.2) is 18.1 Å². The average Bonchev–Trinajstić information content (AvgIpc) is 2.40. The van der Waals surface area contributed by atoms with E-state index in [-0.39, 0.29) is 5.60 Å². The number of rotatable bonds is 4. The van der Waals surface area contributed by atoms with Gasteiger partial charge in [-0.25, -0.2) is 0 Å². The van der Waals surface area contributed by atoms with E-state index in [1.54, 1.807) is 7.11 Å². The molecular formula is C13H25ClO. The highest BCUT2D eigenvalue weighted by Gasteiger charge is 2.22. The van der Waals surface area contributed by atoms with Gasteiger partial charge in [-0.3, -0.25) is 0 Å². The Balaban J connectivity index is 2.30. The first-order valence-corrected chi connectivity index (χ1v) is 6.66. The van der Waals surface area contributed by atoms with Gasteiger partial charge in [0, 0.05) is 12.5 Å². The quantitative estimate of drug-likeness (QED) is 0.516. The van der Waals surface area contributed by atoms with Crippen LogP contribution in [0.1, 0.15) is 58.8 Å². The minimum absolute atomic E-state index is 0.0358. The maximum Gasteiger partial charge on any atom is 0.0622 e. The Morgan fingerprint density at radius 3 is 2.60 bits per heavy atom. The van der Waals surface area contributed by atoms with Crippen LogP contribution in [0.5, 0.6) is 0 Å². The molecule has 1 saturated carbocycles. The summed E-state index contributed by atoms with van der Waals surface area (Å²) in [4.78, 5) is 0. The van der Waals surface area contributed by atoms with Crippen LogP contribution >= 0.6 is 11.6 Å². The van der Waals surface area contributed by atoms with Gasteiger partial charge in [-0.1, -0.05) is 19.3 Å². The zero-order valence-corrected chi connectivity index (χ0v) is 11.1. The summed E-state index contributed by atoms with van der Waals surface area (Å²) in [7, 11) is 1.80. The third-order valence-electron chi connectivity index (χ3n) is 3.68. The Kier molecular flexibility index (Phi) is 5.42. The van der Waals surface area contributed by atoms with E-state index in [2.05, 4.69) is 13.8 Å². The first kappa shape index (κ1) is 13.3. The predicted molar refractivity (Wildman–Crippen MR) is 66.5 cm³/mol. The molecule has 0 aliphatic heterocycles. The zero-order valence-electron chi connectivity index (χ0n) is 10.4. The monoisotopic (exact) mass is 232 g/mol. The largest absolute Gasteiger partial charge is 0.379 e. The summed E-state index contributed by atoms with van der Waals surface area (Å²) >= 11 is 6.27. The highest BCUT2D eigenvalue weighted by molar-refractivity contribution is 6.20. The zero-order chi connectivity index (χ0) is 11.3. The Hall–Kier alpha value is 0.250. The van der Waals surface area contributed by atoms with E-state index in [9.17, 15) is 0 Å². The van der Waals surface area contributed by atoms with Crippen molar-refractivity contribution < 1.29 is 4.74 Å². The fourth-order valence-electron chi connectivity index (χ4n) is 2.31. The van der Waals surface area contributed by atoms with Crippen molar-refractivity contribution in [3.8, 4) is 0 Å². The van der Waals surface area contributed by atoms with Gasteiger partial charge in [0.2, 0.25) is 0 Å². The molecule has 1 aliphatic carbocycles. The van der Waals surface area contributed by atoms with Crippen molar-refractivity contribution in [2.45, 2.75) is 69.8 Å². The normalized spacial score (nSPS) is 28.8. The Labute approximate surface area is 99.5 Å². The molecule has 0 N–H and O–H groups in total. The SMILES string of the molecule is COC(C)(C)CCC1CCCCC(Cl)C1. The molecule has 0 saturated heterocycles. The van der Waals surface area contributed by atoms with Crippen molar-refractivity contribution in [1.82, 2.24) is 0 Å². The summed E-state index contributed by atoms with van der Waals surface area (Å²) < 4.78 is 5.45. The van der Waals surface area contributed by atoms with Crippen molar-refractivity contribution in [3.63, 3.8) is 0 Å². The number of hydrogen-bond donors (Lipinski definition) is 0. The molecule has 90 valence electrons. The van der Waals surface area contributed by atoms with Crippen LogP contribution in [0, 0.1) is 5.92 Å². The smallest absolute Gasteiger partial charge is 0.0622 e. The molecule has 0 heterocycles. The van der Waals surface area contributed by atoms with Crippen molar-refractivity contribution in [2.24, 2.45) is 5.92 Å². The molecule has 2 atom stereocenters. The summed E-state index contributed by atoms with van der Waals surface area (Å²) in [5.41, 5.74) is 0.0358. The molecule has 0 bridgehead atoms. The van der Waals surface area contributed by atoms with Gasteiger partial charge in [0.25, 0.3) is 0 Å². The molecule has 1 rings (SSSR count). The van der Waals surface area contributed by atoms with E-state index >= 15 is 0 Å². The van der Waals surface area contributed by atoms with Crippen LogP contribution in [0.25, 0.3) is 0 Å². The lowest BCUT2D eigenvalue weighted by atomic mass is 9.90. The van der Waals surface area contributed by atoms with Gasteiger partial charge >= 0.3 is 0 Å². The van der Waals surface area contributed by atoms with E-state index < -0.39 is 0 Å². The summed E-state index contributed by atoms with van der Waals surface area (Å²) in [6, 6.07) is 0. The van der Waals surface area contributed by atoms with Crippen LogP contribution in [0.4, 0.5) is 0 Å². The van der Waals surface area contributed by atoms with Crippen molar-refractivity contribution in [3.05, 3.63) is 0 Å². The Morgan fingerprint density at radius 1 is 1.27 bits per heavy atom. The predicted octanol–water partition coefficient (Wildman–Crippen LogP) is 4.38. The minimum Gasteiger partial charge on any atom is -0.379 e. The highest BCUT2D eigenvalue weighted by atomic mass is 35.5. The second-order valence-corrected chi connectivity index (χ2v) is 6.10. The number of hydrogen-bond acceptors (Lipinski definition) is 1. The van der Waals surface area contributed by atoms with E-state index in [1.807, 2.05) is 0 Å². The summed E-state index contributed by atoms with van der Waals surface area (Å²) in [5, 5.41) is 0.420. The van der Waals surface area contributed by atoms with E-state index in [4.69, 9.17) is 16.3 Å². The van der Waals surface area contributed by atoms with Gasteiger partial charge < -0.3 is 4.74 Å². The fraction of sp³-hybridized carbons (Fsp3) is 1.00. The maximum atomic E-state index is 6.27. The molecule has 2 heteroatoms. The lowest BCUT2D eigenvalue weighted by Crippen LogP contribution is -2.23. The third kappa shape index (κ3) is 5.21. The molecule has 0 aromatic rings. The van der Waals surface area contributed by atoms with Gasteiger partial charge in [0.1, 0.15) is 0 Å². The fourth-order valence-corrected chi connectivity index (χ4v) is 2.72. The van der Waals surface area contributed by atoms with Crippen molar-refractivity contribution >= 4 is 11.6 Å². The van der Waals surface area contributed by atoms with E-state index in [0.717, 1.165) is 12.3 Å². The molecule has 15 heavy (non-hydrogen) atoms. The standard InChI is InChI=1S/C13H25ClO/c1-13(2,15-3)9-8-11-6-4-5-7-12(14)10-11/h11-12H,4-10H2,1-3H3. The van der Waals surface area contributed by atoms with Crippen LogP contribution in [0.15, 0.2) is 0 Å². The molecule has 0 aromatic heterocycles. The lowest BCUT2D eigenvalue weighted by molar-refractivity contribution is 0.00987. The third-order valence-corrected chi connectivity index (χ3v) is 4.07. The number of alkyl halides is 1. The second-order valence-electron chi connectivity index (χ2n) is 5.49. The van der Waals surface area contributed by atoms with Crippen molar-refractivity contribution in [1.29, 1.82) is 0 Å². The molecule has 0 aromatic carbocycles. The molecular weight excluding hydrogens is 208 g/mol. The van der Waals surface area contributed by atoms with Gasteiger partial charge in [0.05, 0.1) is 5.60 Å². The van der Waals surface area contributed by atoms with Gasteiger partial charge in [-0.15, -0.1) is 11.6 Å². The molecule has 1 fully saturated rings. The summed E-state index contributed by atoms with van der Waals surface area (Å²) in [6.07, 6.45) is 8.89. The first-order chi connectivity index (χ1) is 7.03. The summed E-state index contributed by atoms with van der Waals surface area (Å²) in [5.74, 6) is 0.824. The number of halogens is 1. The van der Waals surface area contributed by atoms with E-state index in [0.29, 0.717) is 5.38 Å². The van der Waals surface area contributed by atoms with Crippen LogP contribution < -0.4 is 0 Å². The van der Waals surface area contributed by atoms with Gasteiger partial charge in [-0.05, 0) is 45.4 Å². The number of ether oxygens (including phenoxy) is 1. The summed E-state index contributed by atoms with van der Waals surface area (Å²) in [6.45, 7) is 4.34. The van der Waals surface area contributed by atoms with Crippen LogP contribution in [0.3, 0.4) is 0 Å². The number of methoxy groups -OCH3 is 1. The maximum absolute atomic E-state index is 6.27. The lowest BCUT2D eigenvalue weighted by Gasteiger charge is -2.25. The second kappa shape index (κ2) is 6.10. The Morgan fingerprint density at radius 2 is 1.93 bits per heavy atom. The van der Waals surface area contributed by atoms with Gasteiger partial charge in [0.15, 0.2) is 0 Å². The van der Waals surface area contributed by atoms with Gasteiger partial charge in [-0.2, -0.15) is 0 Å². The first-order valence-electron chi connectivity index (χ1n) is 6.23. The molecule has 2 unspecified atom stereocenters. The highest BCUT2D eigenvalue weighted by Crippen LogP contribution is 2.31. The topological polar surface area (TPSA) is 9.23 Å². The average molecular weight is 233 g/mol. The van der Waals surface area contributed by atoms with E-state index in [1.165, 1.54) is 38.5 Å². The molecule has 0 radical (unpaired) electrons. The van der Waals surface area contributed by atoms with Crippen LogP contribution in [0.2, 0.25) is 0 Å². The molecule has 1 aliphatic rings. The molecule has 1 nitrogen and oxygen atoms in total. The molecule has 0 spiro atoms.